The summed E-state index contributed by atoms with van der Waals surface area (Å²) >= 11 is 1.70. The van der Waals surface area contributed by atoms with E-state index in [0.717, 1.165) is 66.9 Å². The number of rotatable bonds is 6. The molecule has 2 aliphatic heterocycles. The van der Waals surface area contributed by atoms with Crippen LogP contribution >= 0.6 is 11.3 Å². The summed E-state index contributed by atoms with van der Waals surface area (Å²) in [5.74, 6) is 1.73. The van der Waals surface area contributed by atoms with E-state index < -0.39 is 12.0 Å². The van der Waals surface area contributed by atoms with Gasteiger partial charge in [-0.15, -0.1) is 21.5 Å². The van der Waals surface area contributed by atoms with E-state index in [2.05, 4.69) is 33.0 Å². The lowest BCUT2D eigenvalue weighted by molar-refractivity contribution is -0.147. The van der Waals surface area contributed by atoms with Gasteiger partial charge in [0.1, 0.15) is 10.6 Å². The second-order valence-electron chi connectivity index (χ2n) is 10.8. The van der Waals surface area contributed by atoms with Crippen LogP contribution in [-0.4, -0.2) is 68.9 Å². The van der Waals surface area contributed by atoms with Crippen molar-refractivity contribution < 1.29 is 13.2 Å². The van der Waals surface area contributed by atoms with Gasteiger partial charge in [0.25, 0.3) is 0 Å². The number of aryl methyl sites for hydroxylation is 1. The Kier molecular flexibility index (Phi) is 7.19. The minimum Gasteiger partial charge on any atom is -0.347 e. The monoisotopic (exact) mass is 548 g/mol. The summed E-state index contributed by atoms with van der Waals surface area (Å²) in [6.07, 6.45) is 4.33. The van der Waals surface area contributed by atoms with Crippen LogP contribution in [0.3, 0.4) is 0 Å². The molecule has 6 rings (SSSR count). The highest BCUT2D eigenvalue weighted by Crippen LogP contribution is 2.36. The van der Waals surface area contributed by atoms with Gasteiger partial charge in [-0.25, -0.2) is 4.98 Å². The van der Waals surface area contributed by atoms with Crippen molar-refractivity contribution in [2.24, 2.45) is 5.92 Å². The van der Waals surface area contributed by atoms with E-state index in [-0.39, 0.29) is 13.1 Å². The number of anilines is 2. The van der Waals surface area contributed by atoms with E-state index in [9.17, 15) is 13.2 Å². The zero-order chi connectivity index (χ0) is 26.3. The van der Waals surface area contributed by atoms with E-state index in [1.54, 1.807) is 11.3 Å². The zero-order valence-electron chi connectivity index (χ0n) is 21.9. The van der Waals surface area contributed by atoms with E-state index in [1.807, 2.05) is 4.90 Å². The van der Waals surface area contributed by atoms with Gasteiger partial charge in [0, 0.05) is 50.7 Å². The van der Waals surface area contributed by atoms with Gasteiger partial charge in [-0.3, -0.25) is 4.90 Å². The van der Waals surface area contributed by atoms with E-state index in [0.29, 0.717) is 12.4 Å². The van der Waals surface area contributed by atoms with Gasteiger partial charge < -0.3 is 14.4 Å². The molecule has 0 radical (unpaired) electrons. The van der Waals surface area contributed by atoms with Crippen molar-refractivity contribution in [1.82, 2.24) is 29.6 Å². The number of aromatic nitrogens is 5. The van der Waals surface area contributed by atoms with Crippen molar-refractivity contribution in [3.63, 3.8) is 0 Å². The van der Waals surface area contributed by atoms with Crippen molar-refractivity contribution in [3.05, 3.63) is 22.6 Å². The molecule has 3 aliphatic rings. The molecule has 3 aromatic rings. The smallest absolute Gasteiger partial charge is 0.347 e. The number of fused-ring (bicyclic) bond motifs is 2. The normalized spacial score (nSPS) is 19.9. The second-order valence-corrected chi connectivity index (χ2v) is 11.9. The molecule has 0 amide bonds. The van der Waals surface area contributed by atoms with Crippen LogP contribution in [-0.2, 0) is 25.7 Å². The Bertz CT molecular complexity index is 1260. The molecular formula is C26H35F3N8S. The Morgan fingerprint density at radius 2 is 1.71 bits per heavy atom. The molecule has 0 aromatic carbocycles. The number of thiophene rings is 1. The lowest BCUT2D eigenvalue weighted by Gasteiger charge is -2.37. The minimum atomic E-state index is -4.51. The average molecular weight is 549 g/mol. The Morgan fingerprint density at radius 1 is 0.947 bits per heavy atom. The number of hydrogen-bond acceptors (Lipinski definition) is 8. The molecule has 8 nitrogen and oxygen atoms in total. The molecule has 1 saturated carbocycles. The molecular weight excluding hydrogens is 513 g/mol. The Labute approximate surface area is 224 Å². The number of hydrogen-bond donors (Lipinski definition) is 0. The van der Waals surface area contributed by atoms with Gasteiger partial charge in [0.05, 0.1) is 11.9 Å². The highest BCUT2D eigenvalue weighted by Gasteiger charge is 2.40. The number of halogens is 3. The fraction of sp³-hybridized carbons (Fsp3) is 0.692. The van der Waals surface area contributed by atoms with E-state index in [1.165, 1.54) is 48.1 Å². The van der Waals surface area contributed by atoms with Gasteiger partial charge in [-0.2, -0.15) is 18.2 Å². The maximum atomic E-state index is 13.4. The third kappa shape index (κ3) is 5.21. The summed E-state index contributed by atoms with van der Waals surface area (Å²) in [5, 5.41) is 8.30. The summed E-state index contributed by atoms with van der Waals surface area (Å²) in [5.41, 5.74) is 0. The van der Waals surface area contributed by atoms with Gasteiger partial charge in [-0.05, 0) is 31.2 Å². The molecule has 0 spiro atoms. The number of piperazine rings is 1. The Morgan fingerprint density at radius 3 is 2.45 bits per heavy atom. The van der Waals surface area contributed by atoms with E-state index >= 15 is 0 Å². The van der Waals surface area contributed by atoms with Crippen LogP contribution in [0.15, 0.2) is 6.07 Å². The highest BCUT2D eigenvalue weighted by atomic mass is 32.1. The first-order valence-electron chi connectivity index (χ1n) is 13.9. The zero-order valence-corrected chi connectivity index (χ0v) is 22.7. The molecule has 0 unspecified atom stereocenters. The standard InChI is InChI=1S/C26H35F3N8S/c1-2-6-19-15-20-22(36-13-14-37-21(17-36)32-33-24(37)26(27,28)29)30-25(31-23(20)38-19)35-11-9-34(10-12-35)16-18-7-4-3-5-8-18/h15,18H,2-14,16-17H2,1H3. The van der Waals surface area contributed by atoms with Crippen LogP contribution in [0.4, 0.5) is 24.9 Å². The summed E-state index contributed by atoms with van der Waals surface area (Å²) < 4.78 is 41.3. The highest BCUT2D eigenvalue weighted by molar-refractivity contribution is 7.18. The topological polar surface area (TPSA) is 66.2 Å². The predicted molar refractivity (Wildman–Crippen MR) is 143 cm³/mol. The van der Waals surface area contributed by atoms with Gasteiger partial charge >= 0.3 is 6.18 Å². The summed E-state index contributed by atoms with van der Waals surface area (Å²) in [4.78, 5) is 19.1. The molecule has 1 aliphatic carbocycles. The largest absolute Gasteiger partial charge is 0.451 e. The SMILES string of the molecule is CCCc1cc2c(N3CCn4c(nnc4C(F)(F)F)C3)nc(N3CCN(CC4CCCCC4)CC3)nc2s1. The molecule has 206 valence electrons. The van der Waals surface area contributed by atoms with Crippen LogP contribution in [0.25, 0.3) is 10.2 Å². The molecule has 3 aromatic heterocycles. The van der Waals surface area contributed by atoms with Crippen LogP contribution in [0, 0.1) is 5.92 Å². The molecule has 2 fully saturated rings. The molecule has 12 heteroatoms. The van der Waals surface area contributed by atoms with Crippen LogP contribution in [0.5, 0.6) is 0 Å². The third-order valence-electron chi connectivity index (χ3n) is 8.11. The van der Waals surface area contributed by atoms with Crippen LogP contribution in [0.2, 0.25) is 0 Å². The fourth-order valence-electron chi connectivity index (χ4n) is 6.11. The molecule has 1 saturated heterocycles. The first-order valence-corrected chi connectivity index (χ1v) is 14.7. The number of alkyl halides is 3. The van der Waals surface area contributed by atoms with Crippen molar-refractivity contribution in [3.8, 4) is 0 Å². The van der Waals surface area contributed by atoms with Crippen LogP contribution in [0.1, 0.15) is 62.0 Å². The van der Waals surface area contributed by atoms with Gasteiger partial charge in [-0.1, -0.05) is 32.6 Å². The lowest BCUT2D eigenvalue weighted by Crippen LogP contribution is -2.48. The molecule has 0 atom stereocenters. The van der Waals surface area contributed by atoms with Gasteiger partial charge in [0.15, 0.2) is 5.82 Å². The lowest BCUT2D eigenvalue weighted by atomic mass is 9.89. The van der Waals surface area contributed by atoms with E-state index in [4.69, 9.17) is 9.97 Å². The summed E-state index contributed by atoms with van der Waals surface area (Å²) in [7, 11) is 0. The maximum absolute atomic E-state index is 13.4. The minimum absolute atomic E-state index is 0.170. The fourth-order valence-corrected chi connectivity index (χ4v) is 7.23. The predicted octanol–water partition coefficient (Wildman–Crippen LogP) is 4.98. The Balaban J connectivity index is 1.24. The molecule has 0 N–H and O–H groups in total. The molecule has 5 heterocycles. The molecule has 38 heavy (non-hydrogen) atoms. The first kappa shape index (κ1) is 25.8. The van der Waals surface area contributed by atoms with Crippen molar-refractivity contribution in [1.29, 1.82) is 0 Å². The quantitative estimate of drug-likeness (QED) is 0.431. The van der Waals surface area contributed by atoms with Gasteiger partial charge in [0.2, 0.25) is 11.8 Å². The van der Waals surface area contributed by atoms with Crippen LogP contribution < -0.4 is 9.80 Å². The van der Waals surface area contributed by atoms with Crippen molar-refractivity contribution in [2.75, 3.05) is 49.1 Å². The summed E-state index contributed by atoms with van der Waals surface area (Å²) in [6, 6.07) is 2.16. The molecule has 0 bridgehead atoms. The summed E-state index contributed by atoms with van der Waals surface area (Å²) in [6.45, 7) is 7.95. The second kappa shape index (κ2) is 10.6. The Hall–Kier alpha value is -2.47. The van der Waals surface area contributed by atoms with Crippen molar-refractivity contribution in [2.45, 2.75) is 71.1 Å². The first-order chi connectivity index (χ1) is 18.4. The van der Waals surface area contributed by atoms with Crippen molar-refractivity contribution >= 4 is 33.3 Å². The maximum Gasteiger partial charge on any atom is 0.451 e. The third-order valence-corrected chi connectivity index (χ3v) is 9.20. The number of nitrogens with zero attached hydrogens (tertiary/aromatic N) is 8. The average Bonchev–Trinajstić information content (AvgIpc) is 3.53.